The predicted molar refractivity (Wildman–Crippen MR) is 103 cm³/mol. The van der Waals surface area contributed by atoms with E-state index in [1.54, 1.807) is 22.7 Å². The molecule has 2 aromatic rings. The first-order valence-corrected chi connectivity index (χ1v) is 9.42. The van der Waals surface area contributed by atoms with Crippen LogP contribution in [-0.4, -0.2) is 44.9 Å². The lowest BCUT2D eigenvalue weighted by atomic mass is 10.1. The highest BCUT2D eigenvalue weighted by molar-refractivity contribution is 5.96. The van der Waals surface area contributed by atoms with Crippen LogP contribution in [0.15, 0.2) is 18.3 Å². The molecule has 8 nitrogen and oxygen atoms in total. The number of halogens is 3. The maximum absolute atomic E-state index is 13.5. The van der Waals surface area contributed by atoms with Gasteiger partial charge in [0.1, 0.15) is 0 Å². The van der Waals surface area contributed by atoms with E-state index in [9.17, 15) is 22.8 Å². The number of carbonyl (C=O) groups excluding carboxylic acids is 2. The van der Waals surface area contributed by atoms with Crippen molar-refractivity contribution in [3.63, 3.8) is 0 Å². The fraction of sp³-hybridized carbons (Fsp3) is 0.421. The predicted octanol–water partition coefficient (Wildman–Crippen LogP) is 3.04. The van der Waals surface area contributed by atoms with Crippen LogP contribution in [0.25, 0.3) is 0 Å². The van der Waals surface area contributed by atoms with Gasteiger partial charge in [0.2, 0.25) is 0 Å². The quantitative estimate of drug-likeness (QED) is 0.730. The SMILES string of the molecule is C[C@H]1Cn2ncc(N3CC(C)(C)NC3=O)c2CN1C(=O)Nc1cc(F)c(F)c(F)c1. The fourth-order valence-electron chi connectivity index (χ4n) is 3.77. The van der Waals surface area contributed by atoms with E-state index in [0.717, 1.165) is 12.1 Å². The smallest absolute Gasteiger partial charge is 0.322 e. The van der Waals surface area contributed by atoms with Crippen LogP contribution in [0.5, 0.6) is 0 Å². The van der Waals surface area contributed by atoms with Gasteiger partial charge in [-0.05, 0) is 20.8 Å². The van der Waals surface area contributed by atoms with Gasteiger partial charge < -0.3 is 15.5 Å². The molecule has 1 aromatic heterocycles. The molecule has 30 heavy (non-hydrogen) atoms. The van der Waals surface area contributed by atoms with Gasteiger partial charge in [0, 0.05) is 17.8 Å². The zero-order chi connectivity index (χ0) is 21.8. The third-order valence-corrected chi connectivity index (χ3v) is 5.25. The number of hydrogen-bond donors (Lipinski definition) is 2. The van der Waals surface area contributed by atoms with Crippen LogP contribution in [0.1, 0.15) is 26.5 Å². The van der Waals surface area contributed by atoms with E-state index in [2.05, 4.69) is 15.7 Å². The van der Waals surface area contributed by atoms with Crippen LogP contribution in [0, 0.1) is 17.5 Å². The van der Waals surface area contributed by atoms with E-state index in [1.807, 2.05) is 13.8 Å². The highest BCUT2D eigenvalue weighted by atomic mass is 19.2. The number of urea groups is 2. The zero-order valence-electron chi connectivity index (χ0n) is 16.7. The summed E-state index contributed by atoms with van der Waals surface area (Å²) >= 11 is 0. The molecule has 4 amide bonds. The molecule has 0 unspecified atom stereocenters. The average molecular weight is 422 g/mol. The summed E-state index contributed by atoms with van der Waals surface area (Å²) in [7, 11) is 0. The summed E-state index contributed by atoms with van der Waals surface area (Å²) in [5, 5.41) is 9.63. The second kappa shape index (κ2) is 6.92. The fourth-order valence-corrected chi connectivity index (χ4v) is 3.77. The van der Waals surface area contributed by atoms with Gasteiger partial charge in [-0.3, -0.25) is 9.58 Å². The lowest BCUT2D eigenvalue weighted by molar-refractivity contribution is 0.161. The number of rotatable bonds is 2. The second-order valence-corrected chi connectivity index (χ2v) is 8.22. The molecule has 0 bridgehead atoms. The molecule has 1 atom stereocenters. The summed E-state index contributed by atoms with van der Waals surface area (Å²) in [6, 6.07) is 0.318. The molecule has 11 heteroatoms. The van der Waals surface area contributed by atoms with Gasteiger partial charge >= 0.3 is 12.1 Å². The molecule has 160 valence electrons. The maximum Gasteiger partial charge on any atom is 0.322 e. The second-order valence-electron chi connectivity index (χ2n) is 8.22. The zero-order valence-corrected chi connectivity index (χ0v) is 16.7. The number of amides is 4. The average Bonchev–Trinajstić information content (AvgIpc) is 3.17. The van der Waals surface area contributed by atoms with Crippen LogP contribution in [-0.2, 0) is 13.1 Å². The van der Waals surface area contributed by atoms with E-state index < -0.39 is 29.0 Å². The number of aromatic nitrogens is 2. The Morgan fingerprint density at radius 3 is 2.53 bits per heavy atom. The molecule has 1 aromatic carbocycles. The molecule has 0 spiro atoms. The minimum atomic E-state index is -1.60. The number of nitrogens with one attached hydrogen (secondary N) is 2. The largest absolute Gasteiger partial charge is 0.331 e. The number of benzene rings is 1. The van der Waals surface area contributed by atoms with Crippen molar-refractivity contribution in [2.24, 2.45) is 0 Å². The van der Waals surface area contributed by atoms with Crippen LogP contribution < -0.4 is 15.5 Å². The van der Waals surface area contributed by atoms with Crippen molar-refractivity contribution < 1.29 is 22.8 Å². The van der Waals surface area contributed by atoms with E-state index in [4.69, 9.17) is 0 Å². The third-order valence-electron chi connectivity index (χ3n) is 5.25. The van der Waals surface area contributed by atoms with Crippen LogP contribution >= 0.6 is 0 Å². The minimum absolute atomic E-state index is 0.138. The van der Waals surface area contributed by atoms with Gasteiger partial charge in [0.25, 0.3) is 0 Å². The Morgan fingerprint density at radius 2 is 1.93 bits per heavy atom. The molecule has 1 fully saturated rings. The summed E-state index contributed by atoms with van der Waals surface area (Å²) in [6.45, 7) is 6.58. The minimum Gasteiger partial charge on any atom is -0.331 e. The van der Waals surface area contributed by atoms with Crippen molar-refractivity contribution in [1.29, 1.82) is 0 Å². The Kier molecular flexibility index (Phi) is 4.63. The molecule has 0 aliphatic carbocycles. The first-order valence-electron chi connectivity index (χ1n) is 9.42. The van der Waals surface area contributed by atoms with E-state index in [0.29, 0.717) is 24.5 Å². The molecule has 3 heterocycles. The molecule has 2 aliphatic heterocycles. The van der Waals surface area contributed by atoms with Gasteiger partial charge in [-0.1, -0.05) is 0 Å². The van der Waals surface area contributed by atoms with Gasteiger partial charge in [-0.2, -0.15) is 5.10 Å². The summed E-state index contributed by atoms with van der Waals surface area (Å²) in [4.78, 5) is 28.2. The van der Waals surface area contributed by atoms with Gasteiger partial charge in [0.05, 0.1) is 48.8 Å². The van der Waals surface area contributed by atoms with Gasteiger partial charge in [-0.25, -0.2) is 22.8 Å². The molecular weight excluding hydrogens is 401 g/mol. The standard InChI is InChI=1S/C19H21F3N6O2/c1-10-7-28-15(14(6-23-28)27-9-19(2,3)25-18(27)30)8-26(10)17(29)24-11-4-12(20)16(22)13(21)5-11/h4-6,10H,7-9H2,1-3H3,(H,24,29)(H,25,30)/t10-/m0/s1. The third kappa shape index (κ3) is 3.44. The van der Waals surface area contributed by atoms with Gasteiger partial charge in [-0.15, -0.1) is 0 Å². The van der Waals surface area contributed by atoms with Crippen molar-refractivity contribution in [3.05, 3.63) is 41.5 Å². The van der Waals surface area contributed by atoms with E-state index in [-0.39, 0.29) is 24.3 Å². The molecule has 1 saturated heterocycles. The highest BCUT2D eigenvalue weighted by Crippen LogP contribution is 2.31. The summed E-state index contributed by atoms with van der Waals surface area (Å²) in [5.74, 6) is -4.38. The highest BCUT2D eigenvalue weighted by Gasteiger charge is 2.39. The van der Waals surface area contributed by atoms with Crippen LogP contribution in [0.3, 0.4) is 0 Å². The molecular formula is C19H21F3N6O2. The van der Waals surface area contributed by atoms with Crippen molar-refractivity contribution in [2.75, 3.05) is 16.8 Å². The normalized spacial score (nSPS) is 20.2. The summed E-state index contributed by atoms with van der Waals surface area (Å²) < 4.78 is 41.8. The lowest BCUT2D eigenvalue weighted by Gasteiger charge is -2.35. The molecule has 4 rings (SSSR count). The first-order chi connectivity index (χ1) is 14.1. The number of anilines is 2. The Bertz CT molecular complexity index is 1010. The van der Waals surface area contributed by atoms with Crippen molar-refractivity contribution in [2.45, 2.75) is 45.4 Å². The Hall–Kier alpha value is -3.24. The van der Waals surface area contributed by atoms with Crippen LogP contribution in [0.4, 0.5) is 34.1 Å². The Balaban J connectivity index is 1.57. The van der Waals surface area contributed by atoms with Gasteiger partial charge in [0.15, 0.2) is 17.5 Å². The van der Waals surface area contributed by atoms with Crippen molar-refractivity contribution >= 4 is 23.4 Å². The molecule has 0 saturated carbocycles. The summed E-state index contributed by atoms with van der Waals surface area (Å²) in [6.07, 6.45) is 1.59. The topological polar surface area (TPSA) is 82.5 Å². The van der Waals surface area contributed by atoms with Crippen LogP contribution in [0.2, 0.25) is 0 Å². The first kappa shape index (κ1) is 20.0. The Labute approximate surface area is 170 Å². The monoisotopic (exact) mass is 422 g/mol. The van der Waals surface area contributed by atoms with Crippen molar-refractivity contribution in [1.82, 2.24) is 20.0 Å². The van der Waals surface area contributed by atoms with Crippen molar-refractivity contribution in [3.8, 4) is 0 Å². The molecule has 2 aliphatic rings. The lowest BCUT2D eigenvalue weighted by Crippen LogP contribution is -2.47. The molecule has 0 radical (unpaired) electrons. The number of nitrogens with zero attached hydrogens (tertiary/aromatic N) is 4. The van der Waals surface area contributed by atoms with E-state index >= 15 is 0 Å². The number of fused-ring (bicyclic) bond motifs is 1. The number of hydrogen-bond acceptors (Lipinski definition) is 3. The summed E-state index contributed by atoms with van der Waals surface area (Å²) in [5.41, 5.74) is 0.680. The maximum atomic E-state index is 13.5. The Morgan fingerprint density at radius 1 is 1.27 bits per heavy atom. The van der Waals surface area contributed by atoms with E-state index in [1.165, 1.54) is 4.90 Å². The molecule has 2 N–H and O–H groups in total. The number of carbonyl (C=O) groups is 2.